The molecule has 1 fully saturated rings. The molecule has 0 bridgehead atoms. The predicted molar refractivity (Wildman–Crippen MR) is 65.4 cm³/mol. The van der Waals surface area contributed by atoms with E-state index in [1.54, 1.807) is 6.92 Å². The lowest BCUT2D eigenvalue weighted by Crippen LogP contribution is -2.53. The highest BCUT2D eigenvalue weighted by Gasteiger charge is 2.38. The van der Waals surface area contributed by atoms with Crippen molar-refractivity contribution in [1.29, 1.82) is 0 Å². The van der Waals surface area contributed by atoms with Crippen molar-refractivity contribution < 1.29 is 27.9 Å². The van der Waals surface area contributed by atoms with Crippen LogP contribution in [0.4, 0.5) is 13.2 Å². The number of hydrogen-bond donors (Lipinski definition) is 1. The lowest BCUT2D eigenvalue weighted by molar-refractivity contribution is -0.145. The molecular weight excluding hydrogens is 289 g/mol. The third-order valence-corrected chi connectivity index (χ3v) is 3.59. The molecule has 1 unspecified atom stereocenters. The normalized spacial score (nSPS) is 17.2. The highest BCUT2D eigenvalue weighted by molar-refractivity contribution is 5.94. The Hall–Kier alpha value is -2.12. The maximum absolute atomic E-state index is 12.4. The second kappa shape index (κ2) is 5.34. The number of aromatic nitrogens is 1. The van der Waals surface area contributed by atoms with E-state index in [0.29, 0.717) is 0 Å². The topological polar surface area (TPSA) is 70.5 Å². The molecule has 0 aromatic carbocycles. The van der Waals surface area contributed by atoms with Gasteiger partial charge in [0.2, 0.25) is 0 Å². The molecule has 0 saturated carbocycles. The first-order chi connectivity index (χ1) is 9.70. The summed E-state index contributed by atoms with van der Waals surface area (Å²) >= 11 is 0. The van der Waals surface area contributed by atoms with Crippen LogP contribution in [0.25, 0.3) is 0 Å². The number of amides is 1. The van der Waals surface area contributed by atoms with Crippen LogP contribution in [0.15, 0.2) is 18.3 Å². The fourth-order valence-corrected chi connectivity index (χ4v) is 2.07. The Kier molecular flexibility index (Phi) is 3.89. The number of carbonyl (C=O) groups excluding carboxylic acids is 1. The summed E-state index contributed by atoms with van der Waals surface area (Å²) in [6, 6.07) is 1.83. The molecule has 2 rings (SSSR count). The maximum Gasteiger partial charge on any atom is 0.433 e. The van der Waals surface area contributed by atoms with E-state index in [1.165, 1.54) is 4.90 Å². The second-order valence-electron chi connectivity index (χ2n) is 5.03. The van der Waals surface area contributed by atoms with Crippen molar-refractivity contribution in [2.24, 2.45) is 11.8 Å². The van der Waals surface area contributed by atoms with E-state index in [-0.39, 0.29) is 24.6 Å². The molecule has 8 heteroatoms. The summed E-state index contributed by atoms with van der Waals surface area (Å²) in [5.41, 5.74) is -0.996. The molecule has 1 amide bonds. The molecule has 0 aliphatic carbocycles. The first-order valence-corrected chi connectivity index (χ1v) is 6.25. The average molecular weight is 302 g/mol. The summed E-state index contributed by atoms with van der Waals surface area (Å²) < 4.78 is 37.1. The molecular formula is C13H13F3N2O3. The summed E-state index contributed by atoms with van der Waals surface area (Å²) in [7, 11) is 0. The second-order valence-corrected chi connectivity index (χ2v) is 5.03. The zero-order chi connectivity index (χ0) is 15.8. The number of halogens is 3. The Morgan fingerprint density at radius 2 is 2.00 bits per heavy atom. The number of alkyl halides is 3. The molecule has 21 heavy (non-hydrogen) atoms. The van der Waals surface area contributed by atoms with Gasteiger partial charge in [0.15, 0.2) is 0 Å². The van der Waals surface area contributed by atoms with Crippen molar-refractivity contribution in [3.05, 3.63) is 29.6 Å². The van der Waals surface area contributed by atoms with Crippen LogP contribution in [0.1, 0.15) is 23.0 Å². The van der Waals surface area contributed by atoms with Gasteiger partial charge in [-0.05, 0) is 12.1 Å². The van der Waals surface area contributed by atoms with Gasteiger partial charge in [-0.3, -0.25) is 14.6 Å². The van der Waals surface area contributed by atoms with Crippen LogP contribution in [-0.4, -0.2) is 40.0 Å². The van der Waals surface area contributed by atoms with Gasteiger partial charge in [-0.2, -0.15) is 13.2 Å². The van der Waals surface area contributed by atoms with Crippen LogP contribution in [0, 0.1) is 11.8 Å². The molecule has 1 aromatic heterocycles. The van der Waals surface area contributed by atoms with Crippen molar-refractivity contribution >= 4 is 11.9 Å². The van der Waals surface area contributed by atoms with Gasteiger partial charge in [0.05, 0.1) is 11.5 Å². The largest absolute Gasteiger partial charge is 0.481 e. The molecule has 1 atom stereocenters. The summed E-state index contributed by atoms with van der Waals surface area (Å²) in [6.45, 7) is 2.13. The van der Waals surface area contributed by atoms with Crippen molar-refractivity contribution in [2.75, 3.05) is 13.1 Å². The van der Waals surface area contributed by atoms with Crippen molar-refractivity contribution in [2.45, 2.75) is 13.1 Å². The van der Waals surface area contributed by atoms with Gasteiger partial charge >= 0.3 is 12.1 Å². The lowest BCUT2D eigenvalue weighted by atomic mass is 9.87. The number of carboxylic acid groups (broad SMARTS) is 1. The molecule has 0 radical (unpaired) electrons. The average Bonchev–Trinajstić information content (AvgIpc) is 2.35. The van der Waals surface area contributed by atoms with E-state index in [4.69, 9.17) is 5.11 Å². The molecule has 1 aromatic rings. The Morgan fingerprint density at radius 1 is 1.38 bits per heavy atom. The Bertz CT molecular complexity index is 551. The number of likely N-dealkylation sites (tertiary alicyclic amines) is 1. The third kappa shape index (κ3) is 3.14. The minimum absolute atomic E-state index is 0.0597. The van der Waals surface area contributed by atoms with Gasteiger partial charge in [-0.1, -0.05) is 6.92 Å². The van der Waals surface area contributed by atoms with Gasteiger partial charge in [-0.25, -0.2) is 0 Å². The van der Waals surface area contributed by atoms with Crippen LogP contribution in [0.2, 0.25) is 0 Å². The van der Waals surface area contributed by atoms with Crippen LogP contribution in [0.3, 0.4) is 0 Å². The maximum atomic E-state index is 12.4. The monoisotopic (exact) mass is 302 g/mol. The Balaban J connectivity index is 1.98. The zero-order valence-electron chi connectivity index (χ0n) is 11.1. The SMILES string of the molecule is CC(C(=O)O)C1CN(C(=O)c2ccc(C(F)(F)F)nc2)C1. The van der Waals surface area contributed by atoms with Gasteiger partial charge in [0, 0.05) is 25.2 Å². The molecule has 1 aliphatic rings. The Morgan fingerprint density at radius 3 is 2.43 bits per heavy atom. The Labute approximate surface area is 118 Å². The first kappa shape index (κ1) is 15.3. The number of nitrogens with zero attached hydrogens (tertiary/aromatic N) is 2. The molecule has 5 nitrogen and oxygen atoms in total. The summed E-state index contributed by atoms with van der Waals surface area (Å²) in [5.74, 6) is -2.05. The third-order valence-electron chi connectivity index (χ3n) is 3.59. The van der Waals surface area contributed by atoms with E-state index in [2.05, 4.69) is 4.98 Å². The van der Waals surface area contributed by atoms with E-state index in [1.807, 2.05) is 0 Å². The van der Waals surface area contributed by atoms with E-state index >= 15 is 0 Å². The van der Waals surface area contributed by atoms with Crippen molar-refractivity contribution in [3.63, 3.8) is 0 Å². The number of pyridine rings is 1. The number of rotatable bonds is 3. The van der Waals surface area contributed by atoms with Gasteiger partial charge in [0.1, 0.15) is 5.69 Å². The first-order valence-electron chi connectivity index (χ1n) is 6.25. The molecule has 1 saturated heterocycles. The fraction of sp³-hybridized carbons (Fsp3) is 0.462. The zero-order valence-corrected chi connectivity index (χ0v) is 11.1. The minimum Gasteiger partial charge on any atom is -0.481 e. The minimum atomic E-state index is -4.54. The van der Waals surface area contributed by atoms with Crippen LogP contribution >= 0.6 is 0 Å². The van der Waals surface area contributed by atoms with Gasteiger partial charge < -0.3 is 10.0 Å². The quantitative estimate of drug-likeness (QED) is 0.925. The van der Waals surface area contributed by atoms with Crippen LogP contribution < -0.4 is 0 Å². The van der Waals surface area contributed by atoms with E-state index in [9.17, 15) is 22.8 Å². The summed E-state index contributed by atoms with van der Waals surface area (Å²) in [5, 5.41) is 8.85. The highest BCUT2D eigenvalue weighted by atomic mass is 19.4. The highest BCUT2D eigenvalue weighted by Crippen LogP contribution is 2.28. The molecule has 1 N–H and O–H groups in total. The van der Waals surface area contributed by atoms with Crippen LogP contribution in [0.5, 0.6) is 0 Å². The van der Waals surface area contributed by atoms with E-state index in [0.717, 1.165) is 18.3 Å². The van der Waals surface area contributed by atoms with Crippen molar-refractivity contribution in [1.82, 2.24) is 9.88 Å². The predicted octanol–water partition coefficient (Wildman–Crippen LogP) is 1.89. The number of hydrogen-bond acceptors (Lipinski definition) is 3. The van der Waals surface area contributed by atoms with Crippen molar-refractivity contribution in [3.8, 4) is 0 Å². The lowest BCUT2D eigenvalue weighted by Gasteiger charge is -2.41. The number of carbonyl (C=O) groups is 2. The summed E-state index contributed by atoms with van der Waals surface area (Å²) in [6.07, 6.45) is -3.65. The summed E-state index contributed by atoms with van der Waals surface area (Å²) in [4.78, 5) is 27.4. The number of aliphatic carboxylic acids is 1. The van der Waals surface area contributed by atoms with Gasteiger partial charge in [-0.15, -0.1) is 0 Å². The smallest absolute Gasteiger partial charge is 0.433 e. The molecule has 1 aliphatic heterocycles. The molecule has 2 heterocycles. The van der Waals surface area contributed by atoms with Gasteiger partial charge in [0.25, 0.3) is 5.91 Å². The molecule has 0 spiro atoms. The number of carboxylic acids is 1. The standard InChI is InChI=1S/C13H13F3N2O3/c1-7(12(20)21)9-5-18(6-9)11(19)8-2-3-10(17-4-8)13(14,15)16/h2-4,7,9H,5-6H2,1H3,(H,20,21). The van der Waals surface area contributed by atoms with Crippen LogP contribution in [-0.2, 0) is 11.0 Å². The fourth-order valence-electron chi connectivity index (χ4n) is 2.07. The molecule has 114 valence electrons. The van der Waals surface area contributed by atoms with E-state index < -0.39 is 29.7 Å².